The van der Waals surface area contributed by atoms with Crippen LogP contribution >= 0.6 is 15.9 Å². The molecule has 78 valence electrons. The van der Waals surface area contributed by atoms with Gasteiger partial charge in [0.2, 0.25) is 0 Å². The van der Waals surface area contributed by atoms with Gasteiger partial charge in [0.1, 0.15) is 0 Å². The third kappa shape index (κ3) is 1.61. The van der Waals surface area contributed by atoms with Gasteiger partial charge in [-0.25, -0.2) is 0 Å². The molecule has 2 N–H and O–H groups in total. The third-order valence-electron chi connectivity index (χ3n) is 2.57. The lowest BCUT2D eigenvalue weighted by atomic mass is 10.0. The van der Waals surface area contributed by atoms with E-state index in [4.69, 9.17) is 5.73 Å². The number of halogens is 1. The predicted molar refractivity (Wildman–Crippen MR) is 68.1 cm³/mol. The van der Waals surface area contributed by atoms with Gasteiger partial charge in [-0.3, -0.25) is 4.98 Å². The maximum Gasteiger partial charge on any atom is 0.0732 e. The van der Waals surface area contributed by atoms with Crippen LogP contribution in [-0.4, -0.2) is 4.98 Å². The van der Waals surface area contributed by atoms with E-state index >= 15 is 0 Å². The number of aromatic nitrogens is 1. The molecule has 0 amide bonds. The van der Waals surface area contributed by atoms with Gasteiger partial charge in [0, 0.05) is 5.39 Å². The fourth-order valence-electron chi connectivity index (χ4n) is 1.92. The van der Waals surface area contributed by atoms with Crippen LogP contribution in [0.4, 0.5) is 5.69 Å². The zero-order valence-corrected chi connectivity index (χ0v) is 10.6. The SMILES string of the molecule is Cc1cc(C)c2c(N)c(Br)c(C)nc2c1. The highest BCUT2D eigenvalue weighted by atomic mass is 79.9. The molecule has 2 rings (SSSR count). The lowest BCUT2D eigenvalue weighted by Crippen LogP contribution is -1.97. The highest BCUT2D eigenvalue weighted by molar-refractivity contribution is 9.10. The Bertz CT molecular complexity index is 547. The Morgan fingerprint density at radius 3 is 2.53 bits per heavy atom. The molecule has 0 atom stereocenters. The van der Waals surface area contributed by atoms with E-state index in [1.165, 1.54) is 11.1 Å². The van der Waals surface area contributed by atoms with Crippen molar-refractivity contribution in [2.75, 3.05) is 5.73 Å². The number of pyridine rings is 1. The first-order valence-electron chi connectivity index (χ1n) is 4.83. The summed E-state index contributed by atoms with van der Waals surface area (Å²) in [6, 6.07) is 4.19. The normalized spacial score (nSPS) is 10.9. The summed E-state index contributed by atoms with van der Waals surface area (Å²) in [4.78, 5) is 4.53. The van der Waals surface area contributed by atoms with Crippen molar-refractivity contribution in [2.45, 2.75) is 20.8 Å². The molecule has 0 aliphatic carbocycles. The van der Waals surface area contributed by atoms with E-state index in [2.05, 4.69) is 46.9 Å². The number of hydrogen-bond acceptors (Lipinski definition) is 2. The first-order valence-corrected chi connectivity index (χ1v) is 5.62. The Balaban J connectivity index is 2.99. The van der Waals surface area contributed by atoms with E-state index in [0.717, 1.165) is 26.8 Å². The van der Waals surface area contributed by atoms with Crippen LogP contribution < -0.4 is 5.73 Å². The number of rotatable bonds is 0. The molecule has 1 aromatic carbocycles. The number of fused-ring (bicyclic) bond motifs is 1. The van der Waals surface area contributed by atoms with Gasteiger partial charge >= 0.3 is 0 Å². The summed E-state index contributed by atoms with van der Waals surface area (Å²) in [5.41, 5.74) is 11.2. The van der Waals surface area contributed by atoms with Crippen molar-refractivity contribution in [3.63, 3.8) is 0 Å². The van der Waals surface area contributed by atoms with Crippen molar-refractivity contribution in [3.05, 3.63) is 33.4 Å². The molecule has 0 radical (unpaired) electrons. The van der Waals surface area contributed by atoms with E-state index in [1.807, 2.05) is 6.92 Å². The molecular weight excluding hydrogens is 252 g/mol. The zero-order chi connectivity index (χ0) is 11.2. The van der Waals surface area contributed by atoms with Crippen LogP contribution in [0.3, 0.4) is 0 Å². The molecule has 3 heteroatoms. The van der Waals surface area contributed by atoms with Gasteiger partial charge in [0.25, 0.3) is 0 Å². The highest BCUT2D eigenvalue weighted by Gasteiger charge is 2.09. The van der Waals surface area contributed by atoms with Crippen LogP contribution in [0.25, 0.3) is 10.9 Å². The summed E-state index contributed by atoms with van der Waals surface area (Å²) in [6.45, 7) is 6.09. The molecule has 0 spiro atoms. The minimum Gasteiger partial charge on any atom is -0.397 e. The first-order chi connectivity index (χ1) is 7.00. The molecule has 2 nitrogen and oxygen atoms in total. The van der Waals surface area contributed by atoms with E-state index in [0.29, 0.717) is 0 Å². The fraction of sp³-hybridized carbons (Fsp3) is 0.250. The molecule has 15 heavy (non-hydrogen) atoms. The van der Waals surface area contributed by atoms with Crippen LogP contribution in [0.5, 0.6) is 0 Å². The van der Waals surface area contributed by atoms with Gasteiger partial charge in [-0.1, -0.05) is 6.07 Å². The van der Waals surface area contributed by atoms with Crippen molar-refractivity contribution in [2.24, 2.45) is 0 Å². The molecular formula is C12H13BrN2. The van der Waals surface area contributed by atoms with Gasteiger partial charge in [-0.15, -0.1) is 0 Å². The molecule has 1 heterocycles. The van der Waals surface area contributed by atoms with Crippen LogP contribution in [0.1, 0.15) is 16.8 Å². The van der Waals surface area contributed by atoms with E-state index in [-0.39, 0.29) is 0 Å². The van der Waals surface area contributed by atoms with Gasteiger partial charge in [-0.2, -0.15) is 0 Å². The van der Waals surface area contributed by atoms with Gasteiger partial charge in [-0.05, 0) is 53.9 Å². The van der Waals surface area contributed by atoms with Gasteiger partial charge in [0.15, 0.2) is 0 Å². The number of nitrogen functional groups attached to an aromatic ring is 1. The largest absolute Gasteiger partial charge is 0.397 e. The van der Waals surface area contributed by atoms with Crippen molar-refractivity contribution < 1.29 is 0 Å². The Morgan fingerprint density at radius 1 is 1.20 bits per heavy atom. The Kier molecular flexibility index (Phi) is 2.43. The Hall–Kier alpha value is -1.09. The predicted octanol–water partition coefficient (Wildman–Crippen LogP) is 3.50. The van der Waals surface area contributed by atoms with Crippen molar-refractivity contribution in [1.29, 1.82) is 0 Å². The maximum atomic E-state index is 6.08. The quantitative estimate of drug-likeness (QED) is 0.791. The van der Waals surface area contributed by atoms with Crippen molar-refractivity contribution >= 4 is 32.5 Å². The molecule has 0 saturated heterocycles. The average molecular weight is 265 g/mol. The topological polar surface area (TPSA) is 38.9 Å². The number of aryl methyl sites for hydroxylation is 3. The monoisotopic (exact) mass is 264 g/mol. The molecule has 1 aromatic heterocycles. The van der Waals surface area contributed by atoms with E-state index < -0.39 is 0 Å². The molecule has 0 saturated carbocycles. The first kappa shape index (κ1) is 10.4. The summed E-state index contributed by atoms with van der Waals surface area (Å²) in [6.07, 6.45) is 0. The Morgan fingerprint density at radius 2 is 1.87 bits per heavy atom. The summed E-state index contributed by atoms with van der Waals surface area (Å²) < 4.78 is 0.905. The van der Waals surface area contributed by atoms with E-state index in [1.54, 1.807) is 0 Å². The number of nitrogens with two attached hydrogens (primary N) is 1. The second-order valence-electron chi connectivity index (χ2n) is 3.90. The van der Waals surface area contributed by atoms with Gasteiger partial charge < -0.3 is 5.73 Å². The fourth-order valence-corrected chi connectivity index (χ4v) is 2.21. The second kappa shape index (κ2) is 3.49. The number of benzene rings is 1. The summed E-state index contributed by atoms with van der Waals surface area (Å²) >= 11 is 3.47. The molecule has 0 aliphatic rings. The van der Waals surface area contributed by atoms with Crippen molar-refractivity contribution in [1.82, 2.24) is 4.98 Å². The number of anilines is 1. The highest BCUT2D eigenvalue weighted by Crippen LogP contribution is 2.32. The van der Waals surface area contributed by atoms with Crippen LogP contribution in [0, 0.1) is 20.8 Å². The molecule has 0 unspecified atom stereocenters. The van der Waals surface area contributed by atoms with Crippen molar-refractivity contribution in [3.8, 4) is 0 Å². The van der Waals surface area contributed by atoms with Crippen LogP contribution in [0.2, 0.25) is 0 Å². The van der Waals surface area contributed by atoms with Crippen LogP contribution in [0.15, 0.2) is 16.6 Å². The minimum absolute atomic E-state index is 0.787. The van der Waals surface area contributed by atoms with E-state index in [9.17, 15) is 0 Å². The number of nitrogens with zero attached hydrogens (tertiary/aromatic N) is 1. The summed E-state index contributed by atoms with van der Waals surface area (Å²) in [5.74, 6) is 0. The molecule has 0 bridgehead atoms. The number of hydrogen-bond donors (Lipinski definition) is 1. The lowest BCUT2D eigenvalue weighted by molar-refractivity contribution is 1.23. The summed E-state index contributed by atoms with van der Waals surface area (Å²) in [7, 11) is 0. The smallest absolute Gasteiger partial charge is 0.0732 e. The zero-order valence-electron chi connectivity index (χ0n) is 9.06. The molecule has 0 fully saturated rings. The Labute approximate surface area is 97.6 Å². The van der Waals surface area contributed by atoms with Gasteiger partial charge in [0.05, 0.1) is 21.4 Å². The minimum atomic E-state index is 0.787. The second-order valence-corrected chi connectivity index (χ2v) is 4.69. The molecule has 2 aromatic rings. The molecule has 0 aliphatic heterocycles. The average Bonchev–Trinajstić information content (AvgIpc) is 2.13. The third-order valence-corrected chi connectivity index (χ3v) is 3.57. The van der Waals surface area contributed by atoms with Crippen LogP contribution in [-0.2, 0) is 0 Å². The standard InChI is InChI=1S/C12H13BrN2/c1-6-4-7(2)10-9(5-6)15-8(3)11(13)12(10)14/h4-5H,1-3H3,(H2,14,15). The maximum absolute atomic E-state index is 6.08. The summed E-state index contributed by atoms with van der Waals surface area (Å²) in [5, 5.41) is 1.05. The lowest BCUT2D eigenvalue weighted by Gasteiger charge is -2.10.